The summed E-state index contributed by atoms with van der Waals surface area (Å²) in [6.07, 6.45) is 3.43. The van der Waals surface area contributed by atoms with Crippen molar-refractivity contribution in [2.45, 2.75) is 12.3 Å². The van der Waals surface area contributed by atoms with Crippen LogP contribution in [0.5, 0.6) is 0 Å². The summed E-state index contributed by atoms with van der Waals surface area (Å²) in [6, 6.07) is 11.3. The minimum Gasteiger partial charge on any atom is -0.276 e. The summed E-state index contributed by atoms with van der Waals surface area (Å²) in [4.78, 5) is 4.02. The zero-order valence-corrected chi connectivity index (χ0v) is 12.8. The second-order valence-electron chi connectivity index (χ2n) is 4.52. The molecule has 6 heteroatoms. The number of para-hydroxylation sites is 1. The highest BCUT2D eigenvalue weighted by Gasteiger charge is 2.20. The van der Waals surface area contributed by atoms with E-state index in [0.29, 0.717) is 16.7 Å². The van der Waals surface area contributed by atoms with Crippen LogP contribution in [0.4, 0.5) is 0 Å². The molecule has 0 spiro atoms. The molecule has 2 aromatic heterocycles. The van der Waals surface area contributed by atoms with Crippen LogP contribution in [0.1, 0.15) is 18.1 Å². The number of halogens is 2. The Labute approximate surface area is 132 Å². The third-order valence-corrected chi connectivity index (χ3v) is 3.59. The van der Waals surface area contributed by atoms with Gasteiger partial charge in [0.05, 0.1) is 16.1 Å². The number of rotatable bonds is 3. The predicted octanol–water partition coefficient (Wildman–Crippen LogP) is 4.28. The second kappa shape index (κ2) is 5.84. The molecule has 0 amide bonds. The van der Waals surface area contributed by atoms with E-state index >= 15 is 0 Å². The molecule has 0 saturated heterocycles. The highest BCUT2D eigenvalue weighted by molar-refractivity contribution is 6.32. The van der Waals surface area contributed by atoms with Crippen molar-refractivity contribution in [3.05, 3.63) is 59.6 Å². The van der Waals surface area contributed by atoms with E-state index in [4.69, 9.17) is 23.2 Å². The maximum atomic E-state index is 6.32. The first kappa shape index (κ1) is 14.0. The minimum absolute atomic E-state index is 0.288. The maximum absolute atomic E-state index is 6.32. The molecule has 0 bridgehead atoms. The highest BCUT2D eigenvalue weighted by atomic mass is 35.5. The smallest absolute Gasteiger partial charge is 0.168 e. The summed E-state index contributed by atoms with van der Waals surface area (Å²) < 4.78 is 1.88. The lowest BCUT2D eigenvalue weighted by atomic mass is 10.2. The molecule has 0 aliphatic carbocycles. The largest absolute Gasteiger partial charge is 0.276 e. The molecular weight excluding hydrogens is 307 g/mol. The van der Waals surface area contributed by atoms with E-state index in [0.717, 1.165) is 11.3 Å². The molecule has 0 radical (unpaired) electrons. The van der Waals surface area contributed by atoms with Gasteiger partial charge in [-0.3, -0.25) is 9.55 Å². The van der Waals surface area contributed by atoms with Gasteiger partial charge in [-0.25, -0.2) is 0 Å². The van der Waals surface area contributed by atoms with Crippen LogP contribution in [0.25, 0.3) is 17.1 Å². The number of aromatic nitrogens is 4. The zero-order valence-electron chi connectivity index (χ0n) is 11.2. The van der Waals surface area contributed by atoms with Crippen LogP contribution >= 0.6 is 23.2 Å². The van der Waals surface area contributed by atoms with Crippen molar-refractivity contribution in [2.24, 2.45) is 0 Å². The molecule has 106 valence electrons. The molecule has 1 atom stereocenters. The van der Waals surface area contributed by atoms with Crippen LogP contribution in [-0.2, 0) is 0 Å². The summed E-state index contributed by atoms with van der Waals surface area (Å²) in [5, 5.41) is 8.81. The third kappa shape index (κ3) is 2.64. The normalized spacial score (nSPS) is 12.3. The number of benzene rings is 1. The maximum Gasteiger partial charge on any atom is 0.168 e. The van der Waals surface area contributed by atoms with Crippen molar-refractivity contribution in [1.82, 2.24) is 19.7 Å². The van der Waals surface area contributed by atoms with Crippen molar-refractivity contribution in [3.63, 3.8) is 0 Å². The molecule has 4 nitrogen and oxygen atoms in total. The van der Waals surface area contributed by atoms with Gasteiger partial charge in [0.25, 0.3) is 0 Å². The molecule has 1 aromatic carbocycles. The van der Waals surface area contributed by atoms with Gasteiger partial charge < -0.3 is 0 Å². The standard InChI is InChI=1S/C15H12Cl2N4/c1-10(16)14-19-20-15(11-6-8-18-9-7-11)21(14)13-5-3-2-4-12(13)17/h2-10H,1H3. The molecule has 0 aliphatic rings. The summed E-state index contributed by atoms with van der Waals surface area (Å²) in [5.41, 5.74) is 1.71. The van der Waals surface area contributed by atoms with Gasteiger partial charge in [0.1, 0.15) is 0 Å². The fourth-order valence-electron chi connectivity index (χ4n) is 2.11. The molecular formula is C15H12Cl2N4. The molecule has 21 heavy (non-hydrogen) atoms. The molecule has 3 rings (SSSR count). The second-order valence-corrected chi connectivity index (χ2v) is 5.58. The zero-order chi connectivity index (χ0) is 14.8. The number of alkyl halides is 1. The molecule has 0 fully saturated rings. The lowest BCUT2D eigenvalue weighted by Crippen LogP contribution is -2.04. The van der Waals surface area contributed by atoms with Gasteiger partial charge in [0.15, 0.2) is 11.6 Å². The number of nitrogens with zero attached hydrogens (tertiary/aromatic N) is 4. The molecule has 2 heterocycles. The Hall–Kier alpha value is -1.91. The highest BCUT2D eigenvalue weighted by Crippen LogP contribution is 2.30. The first-order valence-corrected chi connectivity index (χ1v) is 7.24. The Balaban J connectivity index is 2.27. The first-order valence-electron chi connectivity index (χ1n) is 6.43. The van der Waals surface area contributed by atoms with Crippen molar-refractivity contribution in [3.8, 4) is 17.1 Å². The van der Waals surface area contributed by atoms with Crippen molar-refractivity contribution in [2.75, 3.05) is 0 Å². The van der Waals surface area contributed by atoms with E-state index in [2.05, 4.69) is 15.2 Å². The number of hydrogen-bond donors (Lipinski definition) is 0. The van der Waals surface area contributed by atoms with E-state index in [1.54, 1.807) is 12.4 Å². The Morgan fingerprint density at radius 3 is 2.43 bits per heavy atom. The Kier molecular flexibility index (Phi) is 3.90. The minimum atomic E-state index is -0.288. The fraction of sp³-hybridized carbons (Fsp3) is 0.133. The Morgan fingerprint density at radius 1 is 1.05 bits per heavy atom. The van der Waals surface area contributed by atoms with Crippen LogP contribution in [0.3, 0.4) is 0 Å². The quantitative estimate of drug-likeness (QED) is 0.677. The molecule has 0 N–H and O–H groups in total. The van der Waals surface area contributed by atoms with E-state index < -0.39 is 0 Å². The SMILES string of the molecule is CC(Cl)c1nnc(-c2ccncc2)n1-c1ccccc1Cl. The molecule has 0 saturated carbocycles. The van der Waals surface area contributed by atoms with Crippen molar-refractivity contribution in [1.29, 1.82) is 0 Å². The Morgan fingerprint density at radius 2 is 1.76 bits per heavy atom. The summed E-state index contributed by atoms with van der Waals surface area (Å²) in [5.74, 6) is 1.34. The average Bonchev–Trinajstić information content (AvgIpc) is 2.93. The van der Waals surface area contributed by atoms with Crippen molar-refractivity contribution < 1.29 is 0 Å². The van der Waals surface area contributed by atoms with E-state index in [-0.39, 0.29) is 5.38 Å². The van der Waals surface area contributed by atoms with Crippen LogP contribution in [-0.4, -0.2) is 19.7 Å². The summed E-state index contributed by atoms with van der Waals surface area (Å²) in [6.45, 7) is 1.86. The van der Waals surface area contributed by atoms with E-state index in [1.807, 2.05) is 47.9 Å². The fourth-order valence-corrected chi connectivity index (χ4v) is 2.47. The first-order chi connectivity index (χ1) is 10.2. The lowest BCUT2D eigenvalue weighted by molar-refractivity contribution is 0.861. The third-order valence-electron chi connectivity index (χ3n) is 3.08. The van der Waals surface area contributed by atoms with Crippen LogP contribution in [0.15, 0.2) is 48.8 Å². The molecule has 3 aromatic rings. The van der Waals surface area contributed by atoms with Gasteiger partial charge in [0, 0.05) is 18.0 Å². The monoisotopic (exact) mass is 318 g/mol. The average molecular weight is 319 g/mol. The molecule has 1 unspecified atom stereocenters. The molecule has 0 aliphatic heterocycles. The predicted molar refractivity (Wildman–Crippen MR) is 83.9 cm³/mol. The van der Waals surface area contributed by atoms with E-state index in [9.17, 15) is 0 Å². The van der Waals surface area contributed by atoms with Gasteiger partial charge in [-0.05, 0) is 31.2 Å². The summed E-state index contributed by atoms with van der Waals surface area (Å²) in [7, 11) is 0. The van der Waals surface area contributed by atoms with Crippen molar-refractivity contribution >= 4 is 23.2 Å². The van der Waals surface area contributed by atoms with Crippen LogP contribution < -0.4 is 0 Å². The number of pyridine rings is 1. The van der Waals surface area contributed by atoms with Gasteiger partial charge in [-0.1, -0.05) is 23.7 Å². The van der Waals surface area contributed by atoms with Gasteiger partial charge in [0.2, 0.25) is 0 Å². The topological polar surface area (TPSA) is 43.6 Å². The van der Waals surface area contributed by atoms with E-state index in [1.165, 1.54) is 0 Å². The van der Waals surface area contributed by atoms with Gasteiger partial charge in [-0.15, -0.1) is 21.8 Å². The van der Waals surface area contributed by atoms with Gasteiger partial charge in [-0.2, -0.15) is 0 Å². The Bertz CT molecular complexity index is 753. The summed E-state index contributed by atoms with van der Waals surface area (Å²) >= 11 is 12.6. The number of hydrogen-bond acceptors (Lipinski definition) is 3. The lowest BCUT2D eigenvalue weighted by Gasteiger charge is -2.13. The van der Waals surface area contributed by atoms with Gasteiger partial charge >= 0.3 is 0 Å². The van der Waals surface area contributed by atoms with Crippen LogP contribution in [0.2, 0.25) is 5.02 Å². The van der Waals surface area contributed by atoms with Crippen LogP contribution in [0, 0.1) is 0 Å².